The SMILES string of the molecule is CC(O)c1c([N+](=O)[O-])ccc(OCC(=O)NN2CCCC3CCCCC32)c1Cl. The molecule has 2 fully saturated rings. The normalized spacial score (nSPS) is 23.5. The molecular weight excluding hydrogens is 386 g/mol. The molecule has 2 N–H and O–H groups in total. The van der Waals surface area contributed by atoms with Crippen LogP contribution in [-0.2, 0) is 4.79 Å². The van der Waals surface area contributed by atoms with Gasteiger partial charge in [-0.05, 0) is 44.6 Å². The average molecular weight is 412 g/mol. The molecule has 0 bridgehead atoms. The molecule has 8 nitrogen and oxygen atoms in total. The maximum Gasteiger partial charge on any atom is 0.276 e. The van der Waals surface area contributed by atoms with Crippen molar-refractivity contribution in [3.63, 3.8) is 0 Å². The highest BCUT2D eigenvalue weighted by molar-refractivity contribution is 6.33. The Hall–Kier alpha value is -1.90. The maximum atomic E-state index is 12.4. The van der Waals surface area contributed by atoms with E-state index in [0.717, 1.165) is 19.4 Å². The summed E-state index contributed by atoms with van der Waals surface area (Å²) in [6, 6.07) is 2.95. The van der Waals surface area contributed by atoms with Crippen molar-refractivity contribution in [1.82, 2.24) is 10.4 Å². The largest absolute Gasteiger partial charge is 0.482 e. The number of piperidine rings is 1. The van der Waals surface area contributed by atoms with Crippen LogP contribution in [0, 0.1) is 16.0 Å². The Labute approximate surface area is 168 Å². The number of carbonyl (C=O) groups is 1. The predicted octanol–water partition coefficient (Wildman–Crippen LogP) is 3.37. The number of hydrogen-bond donors (Lipinski definition) is 2. The highest BCUT2D eigenvalue weighted by Gasteiger charge is 2.34. The molecule has 154 valence electrons. The lowest BCUT2D eigenvalue weighted by Gasteiger charge is -2.43. The highest BCUT2D eigenvalue weighted by atomic mass is 35.5. The third-order valence-corrected chi connectivity index (χ3v) is 6.00. The van der Waals surface area contributed by atoms with Gasteiger partial charge in [0.1, 0.15) is 5.75 Å². The fourth-order valence-electron chi connectivity index (χ4n) is 4.33. The van der Waals surface area contributed by atoms with E-state index in [0.29, 0.717) is 12.0 Å². The summed E-state index contributed by atoms with van der Waals surface area (Å²) in [4.78, 5) is 22.9. The third kappa shape index (κ3) is 4.56. The van der Waals surface area contributed by atoms with E-state index >= 15 is 0 Å². The number of hydrogen-bond acceptors (Lipinski definition) is 6. The molecule has 3 rings (SSSR count). The second kappa shape index (κ2) is 9.07. The monoisotopic (exact) mass is 411 g/mol. The second-order valence-corrected chi connectivity index (χ2v) is 7.89. The van der Waals surface area contributed by atoms with Crippen LogP contribution in [0.1, 0.15) is 57.1 Å². The van der Waals surface area contributed by atoms with Crippen LogP contribution in [0.15, 0.2) is 12.1 Å². The van der Waals surface area contributed by atoms with Crippen molar-refractivity contribution in [2.45, 2.75) is 57.6 Å². The van der Waals surface area contributed by atoms with Crippen LogP contribution in [0.5, 0.6) is 5.75 Å². The number of nitro benzene ring substituents is 1. The number of fused-ring (bicyclic) bond motifs is 1. The first kappa shape index (κ1) is 20.8. The van der Waals surface area contributed by atoms with Gasteiger partial charge in [0.25, 0.3) is 11.6 Å². The first-order valence-electron chi connectivity index (χ1n) is 9.72. The topological polar surface area (TPSA) is 105 Å². The summed E-state index contributed by atoms with van der Waals surface area (Å²) in [6.07, 6.45) is 5.90. The Morgan fingerprint density at radius 1 is 1.39 bits per heavy atom. The fourth-order valence-corrected chi connectivity index (χ4v) is 4.70. The van der Waals surface area contributed by atoms with Crippen molar-refractivity contribution in [1.29, 1.82) is 0 Å². The number of rotatable bonds is 6. The Bertz CT molecular complexity index is 741. The van der Waals surface area contributed by atoms with Crippen LogP contribution in [0.25, 0.3) is 0 Å². The molecule has 3 unspecified atom stereocenters. The van der Waals surface area contributed by atoms with Crippen LogP contribution in [-0.4, -0.2) is 40.1 Å². The number of halogens is 1. The van der Waals surface area contributed by atoms with Crippen LogP contribution < -0.4 is 10.2 Å². The van der Waals surface area contributed by atoms with Gasteiger partial charge in [0.2, 0.25) is 0 Å². The van der Waals surface area contributed by atoms with Crippen molar-refractivity contribution in [3.8, 4) is 5.75 Å². The summed E-state index contributed by atoms with van der Waals surface area (Å²) >= 11 is 6.19. The van der Waals surface area contributed by atoms with E-state index < -0.39 is 11.0 Å². The molecule has 1 aromatic carbocycles. The van der Waals surface area contributed by atoms with Gasteiger partial charge in [-0.15, -0.1) is 0 Å². The summed E-state index contributed by atoms with van der Waals surface area (Å²) < 4.78 is 5.50. The van der Waals surface area contributed by atoms with Crippen molar-refractivity contribution in [2.75, 3.05) is 13.2 Å². The summed E-state index contributed by atoms with van der Waals surface area (Å²) in [5.74, 6) is 0.480. The van der Waals surface area contributed by atoms with Gasteiger partial charge >= 0.3 is 0 Å². The summed E-state index contributed by atoms with van der Waals surface area (Å²) in [5, 5.41) is 22.9. The number of benzene rings is 1. The molecule has 1 heterocycles. The van der Waals surface area contributed by atoms with E-state index in [4.69, 9.17) is 16.3 Å². The molecule has 1 aliphatic heterocycles. The summed E-state index contributed by atoms with van der Waals surface area (Å²) in [6.45, 7) is 1.96. The predicted molar refractivity (Wildman–Crippen MR) is 104 cm³/mol. The number of nitro groups is 1. The lowest BCUT2D eigenvalue weighted by molar-refractivity contribution is -0.386. The van der Waals surface area contributed by atoms with Gasteiger partial charge in [-0.1, -0.05) is 24.4 Å². The minimum atomic E-state index is -1.14. The van der Waals surface area contributed by atoms with E-state index in [9.17, 15) is 20.0 Å². The third-order valence-electron chi connectivity index (χ3n) is 5.61. The van der Waals surface area contributed by atoms with Gasteiger partial charge in [-0.25, -0.2) is 5.01 Å². The molecule has 0 radical (unpaired) electrons. The van der Waals surface area contributed by atoms with Gasteiger partial charge in [0.15, 0.2) is 6.61 Å². The number of aliphatic hydroxyl groups excluding tert-OH is 1. The van der Waals surface area contributed by atoms with E-state index in [-0.39, 0.29) is 34.5 Å². The molecule has 2 aliphatic rings. The number of amides is 1. The molecule has 9 heteroatoms. The molecule has 1 amide bonds. The van der Waals surface area contributed by atoms with Crippen LogP contribution >= 0.6 is 11.6 Å². The standard InChI is InChI=1S/C19H26ClN3O5/c1-12(24)18-15(23(26)27)8-9-16(19(18)20)28-11-17(25)21-22-10-4-6-13-5-2-3-7-14(13)22/h8-9,12-14,24H,2-7,10-11H2,1H3,(H,21,25). The van der Waals surface area contributed by atoms with Crippen molar-refractivity contribution >= 4 is 23.2 Å². The second-order valence-electron chi connectivity index (χ2n) is 7.51. The molecule has 3 atom stereocenters. The Morgan fingerprint density at radius 2 is 2.11 bits per heavy atom. The van der Waals surface area contributed by atoms with Gasteiger partial charge in [-0.2, -0.15) is 0 Å². The first-order valence-corrected chi connectivity index (χ1v) is 10.1. The number of carbonyl (C=O) groups excluding carboxylic acids is 1. The molecule has 1 saturated carbocycles. The van der Waals surface area contributed by atoms with Crippen molar-refractivity contribution < 1.29 is 19.6 Å². The number of hydrazine groups is 1. The van der Waals surface area contributed by atoms with E-state index in [2.05, 4.69) is 5.43 Å². The van der Waals surface area contributed by atoms with Crippen LogP contribution in [0.3, 0.4) is 0 Å². The van der Waals surface area contributed by atoms with Crippen molar-refractivity contribution in [3.05, 3.63) is 32.8 Å². The first-order chi connectivity index (χ1) is 13.4. The average Bonchev–Trinajstić information content (AvgIpc) is 2.66. The number of aliphatic hydroxyl groups is 1. The summed E-state index contributed by atoms with van der Waals surface area (Å²) in [5.41, 5.74) is 2.64. The molecule has 1 saturated heterocycles. The Kier molecular flexibility index (Phi) is 6.74. The number of nitrogens with one attached hydrogen (secondary N) is 1. The van der Waals surface area contributed by atoms with Gasteiger partial charge in [0.05, 0.1) is 21.6 Å². The lowest BCUT2D eigenvalue weighted by Crippen LogP contribution is -2.55. The summed E-state index contributed by atoms with van der Waals surface area (Å²) in [7, 11) is 0. The smallest absolute Gasteiger partial charge is 0.276 e. The molecule has 28 heavy (non-hydrogen) atoms. The molecule has 0 aromatic heterocycles. The quantitative estimate of drug-likeness (QED) is 0.549. The minimum Gasteiger partial charge on any atom is -0.482 e. The van der Waals surface area contributed by atoms with E-state index in [1.807, 2.05) is 5.01 Å². The lowest BCUT2D eigenvalue weighted by atomic mass is 9.79. The zero-order valence-corrected chi connectivity index (χ0v) is 16.7. The Morgan fingerprint density at radius 3 is 2.82 bits per heavy atom. The molecule has 0 spiro atoms. The molecule has 1 aliphatic carbocycles. The minimum absolute atomic E-state index is 0.0225. The van der Waals surface area contributed by atoms with Gasteiger partial charge in [-0.3, -0.25) is 20.3 Å². The number of nitrogens with zero attached hydrogens (tertiary/aromatic N) is 2. The Balaban J connectivity index is 1.63. The number of ether oxygens (including phenoxy) is 1. The van der Waals surface area contributed by atoms with Crippen molar-refractivity contribution in [2.24, 2.45) is 5.92 Å². The van der Waals surface area contributed by atoms with Crippen LogP contribution in [0.2, 0.25) is 5.02 Å². The zero-order chi connectivity index (χ0) is 20.3. The maximum absolute atomic E-state index is 12.4. The van der Waals surface area contributed by atoms with Gasteiger partial charge in [0, 0.05) is 18.7 Å². The zero-order valence-electron chi connectivity index (χ0n) is 15.9. The van der Waals surface area contributed by atoms with Gasteiger partial charge < -0.3 is 9.84 Å². The van der Waals surface area contributed by atoms with E-state index in [1.165, 1.54) is 44.7 Å². The molecular formula is C19H26ClN3O5. The van der Waals surface area contributed by atoms with E-state index in [1.54, 1.807) is 0 Å². The fraction of sp³-hybridized carbons (Fsp3) is 0.632. The molecule has 1 aromatic rings. The highest BCUT2D eigenvalue weighted by Crippen LogP contribution is 2.38. The van der Waals surface area contributed by atoms with Crippen LogP contribution in [0.4, 0.5) is 5.69 Å².